The van der Waals surface area contributed by atoms with E-state index in [0.717, 1.165) is 18.4 Å². The zero-order valence-corrected chi connectivity index (χ0v) is 12.9. The standard InChI is InChI=1S/C18H22O3/c1-13-9-10-16(11-15-7-5-4-6-8-15)18(3,17(13)20)12-21-14(2)19/h4-9,16H,10-12H2,1-3H3/t16-,18+/m0/s1. The number of allylic oxidation sites excluding steroid dienone is 2. The van der Waals surface area contributed by atoms with Gasteiger partial charge >= 0.3 is 5.97 Å². The summed E-state index contributed by atoms with van der Waals surface area (Å²) in [6.45, 7) is 5.30. The van der Waals surface area contributed by atoms with E-state index in [-0.39, 0.29) is 24.3 Å². The Balaban J connectivity index is 2.24. The lowest BCUT2D eigenvalue weighted by molar-refractivity contribution is -0.149. The van der Waals surface area contributed by atoms with Gasteiger partial charge in [0.25, 0.3) is 0 Å². The average Bonchev–Trinajstić information content (AvgIpc) is 2.47. The molecule has 0 aliphatic heterocycles. The first-order valence-electron chi connectivity index (χ1n) is 7.32. The molecule has 21 heavy (non-hydrogen) atoms. The SMILES string of the molecule is CC(=O)OC[C@@]1(C)C(=O)C(C)=CC[C@H]1Cc1ccccc1. The number of carbonyl (C=O) groups is 2. The molecule has 2 rings (SSSR count). The number of esters is 1. The summed E-state index contributed by atoms with van der Waals surface area (Å²) in [4.78, 5) is 23.7. The quantitative estimate of drug-likeness (QED) is 0.797. The first kappa shape index (κ1) is 15.5. The minimum Gasteiger partial charge on any atom is -0.465 e. The van der Waals surface area contributed by atoms with Gasteiger partial charge in [0.2, 0.25) is 0 Å². The molecule has 1 aromatic rings. The van der Waals surface area contributed by atoms with E-state index in [2.05, 4.69) is 12.1 Å². The Labute approximate surface area is 126 Å². The number of hydrogen-bond acceptors (Lipinski definition) is 3. The second-order valence-corrected chi connectivity index (χ2v) is 6.04. The second-order valence-electron chi connectivity index (χ2n) is 6.04. The van der Waals surface area contributed by atoms with Crippen molar-refractivity contribution in [1.29, 1.82) is 0 Å². The van der Waals surface area contributed by atoms with Crippen LogP contribution in [0, 0.1) is 11.3 Å². The van der Waals surface area contributed by atoms with Crippen molar-refractivity contribution in [1.82, 2.24) is 0 Å². The van der Waals surface area contributed by atoms with Crippen molar-refractivity contribution in [2.75, 3.05) is 6.61 Å². The molecule has 112 valence electrons. The second kappa shape index (κ2) is 6.25. The van der Waals surface area contributed by atoms with Crippen molar-refractivity contribution in [2.24, 2.45) is 11.3 Å². The molecule has 3 heteroatoms. The molecule has 0 N–H and O–H groups in total. The van der Waals surface area contributed by atoms with Crippen LogP contribution in [0.15, 0.2) is 42.0 Å². The molecule has 0 unspecified atom stereocenters. The van der Waals surface area contributed by atoms with Gasteiger partial charge in [-0.3, -0.25) is 9.59 Å². The molecular formula is C18H22O3. The third kappa shape index (κ3) is 3.41. The predicted octanol–water partition coefficient (Wildman–Crippen LogP) is 3.33. The van der Waals surface area contributed by atoms with Crippen molar-refractivity contribution in [2.45, 2.75) is 33.6 Å². The van der Waals surface area contributed by atoms with Crippen LogP contribution < -0.4 is 0 Å². The van der Waals surface area contributed by atoms with Crippen molar-refractivity contribution >= 4 is 11.8 Å². The van der Waals surface area contributed by atoms with E-state index in [1.807, 2.05) is 38.1 Å². The molecular weight excluding hydrogens is 264 g/mol. The normalized spacial score (nSPS) is 25.4. The Bertz CT molecular complexity index is 559. The van der Waals surface area contributed by atoms with Gasteiger partial charge in [-0.05, 0) is 43.7 Å². The van der Waals surface area contributed by atoms with Gasteiger partial charge in [0, 0.05) is 6.92 Å². The maximum absolute atomic E-state index is 12.6. The number of rotatable bonds is 4. The molecule has 3 nitrogen and oxygen atoms in total. The monoisotopic (exact) mass is 286 g/mol. The van der Waals surface area contributed by atoms with Crippen LogP contribution in [0.25, 0.3) is 0 Å². The van der Waals surface area contributed by atoms with Gasteiger partial charge in [0.15, 0.2) is 5.78 Å². The van der Waals surface area contributed by atoms with E-state index in [0.29, 0.717) is 0 Å². The fraction of sp³-hybridized carbons (Fsp3) is 0.444. The number of Topliss-reactive ketones (excluding diaryl/α,β-unsaturated/α-hetero) is 1. The Morgan fingerprint density at radius 3 is 2.62 bits per heavy atom. The van der Waals surface area contributed by atoms with Crippen LogP contribution in [0.1, 0.15) is 32.8 Å². The predicted molar refractivity (Wildman–Crippen MR) is 81.8 cm³/mol. The van der Waals surface area contributed by atoms with E-state index >= 15 is 0 Å². The smallest absolute Gasteiger partial charge is 0.302 e. The van der Waals surface area contributed by atoms with Gasteiger partial charge in [-0.1, -0.05) is 36.4 Å². The zero-order valence-electron chi connectivity index (χ0n) is 12.9. The van der Waals surface area contributed by atoms with Crippen LogP contribution in [-0.2, 0) is 20.7 Å². The summed E-state index contributed by atoms with van der Waals surface area (Å²) in [5.74, 6) is -0.0962. The number of carbonyl (C=O) groups excluding carboxylic acids is 2. The third-order valence-electron chi connectivity index (χ3n) is 4.39. The summed E-state index contributed by atoms with van der Waals surface area (Å²) >= 11 is 0. The fourth-order valence-electron chi connectivity index (χ4n) is 2.95. The van der Waals surface area contributed by atoms with Gasteiger partial charge in [-0.25, -0.2) is 0 Å². The topological polar surface area (TPSA) is 43.4 Å². The number of hydrogen-bond donors (Lipinski definition) is 0. The zero-order chi connectivity index (χ0) is 15.5. The minimum absolute atomic E-state index is 0.0935. The fourth-order valence-corrected chi connectivity index (χ4v) is 2.95. The lowest BCUT2D eigenvalue weighted by atomic mass is 9.65. The van der Waals surface area contributed by atoms with Crippen molar-refractivity contribution < 1.29 is 14.3 Å². The number of benzene rings is 1. The van der Waals surface area contributed by atoms with E-state index in [9.17, 15) is 9.59 Å². The molecule has 0 saturated carbocycles. The molecule has 0 fully saturated rings. The molecule has 1 aromatic carbocycles. The molecule has 0 saturated heterocycles. The van der Waals surface area contributed by atoms with Gasteiger partial charge in [-0.2, -0.15) is 0 Å². The van der Waals surface area contributed by atoms with Crippen LogP contribution in [0.2, 0.25) is 0 Å². The first-order chi connectivity index (χ1) is 9.93. The largest absolute Gasteiger partial charge is 0.465 e. The molecule has 0 heterocycles. The Morgan fingerprint density at radius 1 is 1.33 bits per heavy atom. The van der Waals surface area contributed by atoms with Crippen LogP contribution in [-0.4, -0.2) is 18.4 Å². The molecule has 0 bridgehead atoms. The Morgan fingerprint density at radius 2 is 2.00 bits per heavy atom. The highest BCUT2D eigenvalue weighted by Crippen LogP contribution is 2.40. The minimum atomic E-state index is -0.639. The summed E-state index contributed by atoms with van der Waals surface area (Å²) in [6, 6.07) is 10.1. The maximum atomic E-state index is 12.6. The Kier molecular flexibility index (Phi) is 4.61. The molecule has 0 aromatic heterocycles. The molecule has 2 atom stereocenters. The number of ether oxygens (including phenoxy) is 1. The number of ketones is 1. The van der Waals surface area contributed by atoms with Crippen molar-refractivity contribution in [3.63, 3.8) is 0 Å². The van der Waals surface area contributed by atoms with Crippen molar-refractivity contribution in [3.05, 3.63) is 47.5 Å². The van der Waals surface area contributed by atoms with E-state index < -0.39 is 5.41 Å². The van der Waals surface area contributed by atoms with E-state index in [4.69, 9.17) is 4.74 Å². The van der Waals surface area contributed by atoms with Gasteiger partial charge in [-0.15, -0.1) is 0 Å². The van der Waals surface area contributed by atoms with Gasteiger partial charge in [0.1, 0.15) is 6.61 Å². The highest BCUT2D eigenvalue weighted by atomic mass is 16.5. The van der Waals surface area contributed by atoms with Crippen LogP contribution in [0.5, 0.6) is 0 Å². The van der Waals surface area contributed by atoms with Gasteiger partial charge in [0.05, 0.1) is 5.41 Å². The third-order valence-corrected chi connectivity index (χ3v) is 4.39. The molecule has 0 radical (unpaired) electrons. The maximum Gasteiger partial charge on any atom is 0.302 e. The molecule has 1 aliphatic carbocycles. The van der Waals surface area contributed by atoms with Crippen molar-refractivity contribution in [3.8, 4) is 0 Å². The summed E-state index contributed by atoms with van der Waals surface area (Å²) in [5, 5.41) is 0. The highest BCUT2D eigenvalue weighted by molar-refractivity contribution is 6.00. The first-order valence-corrected chi connectivity index (χ1v) is 7.32. The molecule has 0 spiro atoms. The summed E-state index contributed by atoms with van der Waals surface area (Å²) in [6.07, 6.45) is 3.66. The van der Waals surface area contributed by atoms with Crippen LogP contribution >= 0.6 is 0 Å². The molecule has 1 aliphatic rings. The summed E-state index contributed by atoms with van der Waals surface area (Å²) in [5.41, 5.74) is 1.34. The Hall–Kier alpha value is -1.90. The lowest BCUT2D eigenvalue weighted by Gasteiger charge is -2.38. The van der Waals surface area contributed by atoms with Crippen LogP contribution in [0.3, 0.4) is 0 Å². The van der Waals surface area contributed by atoms with E-state index in [1.54, 1.807) is 0 Å². The summed E-state index contributed by atoms with van der Waals surface area (Å²) < 4.78 is 5.18. The van der Waals surface area contributed by atoms with Gasteiger partial charge < -0.3 is 4.74 Å². The summed E-state index contributed by atoms with van der Waals surface area (Å²) in [7, 11) is 0. The highest BCUT2D eigenvalue weighted by Gasteiger charge is 2.44. The van der Waals surface area contributed by atoms with E-state index in [1.165, 1.54) is 12.5 Å². The lowest BCUT2D eigenvalue weighted by Crippen LogP contribution is -2.44. The molecule has 0 amide bonds. The van der Waals surface area contributed by atoms with Crippen LogP contribution in [0.4, 0.5) is 0 Å². The average molecular weight is 286 g/mol.